The van der Waals surface area contributed by atoms with Crippen LogP contribution < -0.4 is 5.32 Å². The second-order valence-corrected chi connectivity index (χ2v) is 5.47. The first-order valence-electron chi connectivity index (χ1n) is 7.56. The van der Waals surface area contributed by atoms with Gasteiger partial charge in [-0.1, -0.05) is 23.3 Å². The lowest BCUT2D eigenvalue weighted by Gasteiger charge is -2.06. The third-order valence-electron chi connectivity index (χ3n) is 3.86. The van der Waals surface area contributed by atoms with Gasteiger partial charge in [0, 0.05) is 17.8 Å². The van der Waals surface area contributed by atoms with E-state index >= 15 is 0 Å². The van der Waals surface area contributed by atoms with Crippen LogP contribution in [0.1, 0.15) is 27.4 Å². The van der Waals surface area contributed by atoms with Gasteiger partial charge in [-0.3, -0.25) is 4.79 Å². The molecule has 25 heavy (non-hydrogen) atoms. The molecule has 1 aromatic carbocycles. The normalized spacial score (nSPS) is 10.6. The van der Waals surface area contributed by atoms with Gasteiger partial charge in [-0.05, 0) is 30.9 Å². The zero-order valence-corrected chi connectivity index (χ0v) is 13.7. The fourth-order valence-corrected chi connectivity index (χ4v) is 2.53. The maximum Gasteiger partial charge on any atom is 0.343 e. The molecule has 0 aliphatic carbocycles. The lowest BCUT2D eigenvalue weighted by Crippen LogP contribution is -2.23. The number of nitrogens with one attached hydrogen (secondary N) is 2. The molecule has 0 fully saturated rings. The fourth-order valence-electron chi connectivity index (χ4n) is 2.53. The summed E-state index contributed by atoms with van der Waals surface area (Å²) in [5, 5.41) is 23.7. The third kappa shape index (κ3) is 3.25. The van der Waals surface area contributed by atoms with Gasteiger partial charge in [0.1, 0.15) is 0 Å². The number of H-pyrrole nitrogens is 1. The highest BCUT2D eigenvalue weighted by Gasteiger charge is 2.18. The molecule has 0 saturated carbocycles. The van der Waals surface area contributed by atoms with E-state index in [1.54, 1.807) is 0 Å². The second kappa shape index (κ2) is 6.56. The molecule has 0 spiro atoms. The Morgan fingerprint density at radius 2 is 2.04 bits per heavy atom. The number of para-hydroxylation sites is 1. The number of aromatic nitrogens is 4. The lowest BCUT2D eigenvalue weighted by molar-refractivity contribution is -0.389. The van der Waals surface area contributed by atoms with Crippen molar-refractivity contribution in [3.8, 4) is 5.69 Å². The number of carbonyl (C=O) groups excluding carboxylic acids is 1. The first-order valence-corrected chi connectivity index (χ1v) is 7.56. The number of hydrogen-bond acceptors (Lipinski definition) is 5. The van der Waals surface area contributed by atoms with Crippen LogP contribution in [0.3, 0.4) is 0 Å². The molecule has 128 valence electrons. The van der Waals surface area contributed by atoms with Crippen LogP contribution in [0.5, 0.6) is 0 Å². The van der Waals surface area contributed by atoms with Crippen LogP contribution in [-0.2, 0) is 6.54 Å². The Hall–Kier alpha value is -3.49. The Balaban J connectivity index is 1.76. The van der Waals surface area contributed by atoms with Gasteiger partial charge in [0.15, 0.2) is 5.69 Å². The minimum Gasteiger partial charge on any atom is -0.358 e. The molecule has 3 aromatic rings. The number of nitro groups is 1. The Morgan fingerprint density at radius 1 is 1.32 bits per heavy atom. The molecule has 0 unspecified atom stereocenters. The van der Waals surface area contributed by atoms with Crippen molar-refractivity contribution in [2.45, 2.75) is 20.4 Å². The van der Waals surface area contributed by atoms with Crippen LogP contribution in [-0.4, -0.2) is 30.8 Å². The van der Waals surface area contributed by atoms with Crippen molar-refractivity contribution in [3.05, 3.63) is 69.2 Å². The molecule has 3 rings (SSSR count). The molecule has 0 atom stereocenters. The largest absolute Gasteiger partial charge is 0.358 e. The van der Waals surface area contributed by atoms with Gasteiger partial charge >= 0.3 is 5.82 Å². The van der Waals surface area contributed by atoms with Crippen LogP contribution in [0, 0.1) is 24.0 Å². The van der Waals surface area contributed by atoms with Crippen molar-refractivity contribution in [1.29, 1.82) is 0 Å². The number of nitrogens with zero attached hydrogens (tertiary/aromatic N) is 4. The summed E-state index contributed by atoms with van der Waals surface area (Å²) in [4.78, 5) is 22.1. The number of aryl methyl sites for hydroxylation is 1. The number of aromatic amines is 1. The van der Waals surface area contributed by atoms with Gasteiger partial charge < -0.3 is 15.4 Å². The van der Waals surface area contributed by atoms with Crippen molar-refractivity contribution in [2.24, 2.45) is 0 Å². The summed E-state index contributed by atoms with van der Waals surface area (Å²) in [6.45, 7) is 4.05. The Labute approximate surface area is 142 Å². The van der Waals surface area contributed by atoms with E-state index in [0.717, 1.165) is 28.7 Å². The summed E-state index contributed by atoms with van der Waals surface area (Å²) >= 11 is 0. The smallest absolute Gasteiger partial charge is 0.343 e. The standard InChI is InChI=1S/C16H16N6O3/c1-10-13(11(2)21(20-10)12-6-4-3-5-7-12)9-17-16(23)14-8-15(19-18-14)22(24)25/h3-8H,9H2,1-2H3,(H,17,23)(H,18,19). The van der Waals surface area contributed by atoms with Crippen molar-refractivity contribution < 1.29 is 9.72 Å². The quantitative estimate of drug-likeness (QED) is 0.544. The van der Waals surface area contributed by atoms with Crippen molar-refractivity contribution in [2.75, 3.05) is 0 Å². The second-order valence-electron chi connectivity index (χ2n) is 5.47. The maximum atomic E-state index is 12.1. The SMILES string of the molecule is Cc1nn(-c2ccccc2)c(C)c1CNC(=O)c1cc([N+](=O)[O-])[nH]n1. The first kappa shape index (κ1) is 16.4. The molecule has 1 amide bonds. The van der Waals surface area contributed by atoms with Gasteiger partial charge in [-0.25, -0.2) is 4.68 Å². The van der Waals surface area contributed by atoms with Crippen LogP contribution in [0.25, 0.3) is 5.69 Å². The summed E-state index contributed by atoms with van der Waals surface area (Å²) in [6, 6.07) is 10.8. The number of rotatable bonds is 5. The van der Waals surface area contributed by atoms with E-state index < -0.39 is 10.8 Å². The molecule has 0 radical (unpaired) electrons. The van der Waals surface area contributed by atoms with Gasteiger partial charge in [-0.15, -0.1) is 5.10 Å². The van der Waals surface area contributed by atoms with Crippen LogP contribution in [0.15, 0.2) is 36.4 Å². The minimum atomic E-state index is -0.637. The molecule has 9 nitrogen and oxygen atoms in total. The summed E-state index contributed by atoms with van der Waals surface area (Å²) in [5.41, 5.74) is 3.51. The highest BCUT2D eigenvalue weighted by Crippen LogP contribution is 2.18. The monoisotopic (exact) mass is 340 g/mol. The Morgan fingerprint density at radius 3 is 2.68 bits per heavy atom. The minimum absolute atomic E-state index is 0.0301. The number of hydrogen-bond donors (Lipinski definition) is 2. The highest BCUT2D eigenvalue weighted by molar-refractivity contribution is 5.92. The van der Waals surface area contributed by atoms with E-state index in [1.807, 2.05) is 48.9 Å². The lowest BCUT2D eigenvalue weighted by atomic mass is 10.2. The molecule has 0 aliphatic heterocycles. The van der Waals surface area contributed by atoms with Gasteiger partial charge in [-0.2, -0.15) is 5.10 Å². The number of amides is 1. The zero-order chi connectivity index (χ0) is 18.0. The summed E-state index contributed by atoms with van der Waals surface area (Å²) in [6.07, 6.45) is 0. The van der Waals surface area contributed by atoms with Crippen LogP contribution in [0.2, 0.25) is 0 Å². The zero-order valence-electron chi connectivity index (χ0n) is 13.7. The Kier molecular flexibility index (Phi) is 4.29. The predicted molar refractivity (Wildman–Crippen MR) is 89.5 cm³/mol. The molecule has 2 N–H and O–H groups in total. The van der Waals surface area contributed by atoms with Crippen molar-refractivity contribution >= 4 is 11.7 Å². The maximum absolute atomic E-state index is 12.1. The van der Waals surface area contributed by atoms with E-state index in [9.17, 15) is 14.9 Å². The van der Waals surface area contributed by atoms with Crippen LogP contribution in [0.4, 0.5) is 5.82 Å². The third-order valence-corrected chi connectivity index (χ3v) is 3.86. The first-order chi connectivity index (χ1) is 12.0. The van der Waals surface area contributed by atoms with Gasteiger partial charge in [0.2, 0.25) is 0 Å². The predicted octanol–water partition coefficient (Wildman–Crippen LogP) is 2.05. The van der Waals surface area contributed by atoms with Crippen molar-refractivity contribution in [1.82, 2.24) is 25.3 Å². The molecule has 2 heterocycles. The summed E-state index contributed by atoms with van der Waals surface area (Å²) in [7, 11) is 0. The fraction of sp³-hybridized carbons (Fsp3) is 0.188. The van der Waals surface area contributed by atoms with E-state index in [-0.39, 0.29) is 18.1 Å². The highest BCUT2D eigenvalue weighted by atomic mass is 16.6. The van der Waals surface area contributed by atoms with E-state index in [0.29, 0.717) is 0 Å². The van der Waals surface area contributed by atoms with Gasteiger partial charge in [0.05, 0.1) is 17.4 Å². The Bertz CT molecular complexity index is 929. The molecule has 0 bridgehead atoms. The average molecular weight is 340 g/mol. The molecule has 9 heteroatoms. The van der Waals surface area contributed by atoms with Crippen molar-refractivity contribution in [3.63, 3.8) is 0 Å². The number of benzene rings is 1. The van der Waals surface area contributed by atoms with E-state index in [1.165, 1.54) is 0 Å². The summed E-state index contributed by atoms with van der Waals surface area (Å²) < 4.78 is 1.82. The average Bonchev–Trinajstić information content (AvgIpc) is 3.20. The summed E-state index contributed by atoms with van der Waals surface area (Å²) in [5.74, 6) is -0.815. The molecule has 2 aromatic heterocycles. The van der Waals surface area contributed by atoms with E-state index in [4.69, 9.17) is 0 Å². The van der Waals surface area contributed by atoms with E-state index in [2.05, 4.69) is 20.6 Å². The van der Waals surface area contributed by atoms with Gasteiger partial charge in [0.25, 0.3) is 5.91 Å². The molecular weight excluding hydrogens is 324 g/mol. The molecular formula is C16H16N6O3. The number of carbonyl (C=O) groups is 1. The topological polar surface area (TPSA) is 119 Å². The molecule has 0 saturated heterocycles. The van der Waals surface area contributed by atoms with Crippen LogP contribution >= 0.6 is 0 Å². The molecule has 0 aliphatic rings.